The highest BCUT2D eigenvalue weighted by atomic mass is 32.2. The summed E-state index contributed by atoms with van der Waals surface area (Å²) in [6.07, 6.45) is 0. The molecule has 2 heterocycles. The molecule has 1 unspecified atom stereocenters. The lowest BCUT2D eigenvalue weighted by molar-refractivity contribution is 0.411. The molecule has 1 aliphatic rings. The Kier molecular flexibility index (Phi) is 4.19. The fourth-order valence-corrected chi connectivity index (χ4v) is 4.56. The van der Waals surface area contributed by atoms with E-state index in [1.54, 1.807) is 11.3 Å². The van der Waals surface area contributed by atoms with E-state index in [2.05, 4.69) is 40.4 Å². The second-order valence-corrected chi connectivity index (χ2v) is 7.59. The lowest BCUT2D eigenvalue weighted by Gasteiger charge is -2.35. The topological polar surface area (TPSA) is 23.6 Å². The number of aryl methyl sites for hydroxylation is 1. The van der Waals surface area contributed by atoms with Crippen LogP contribution >= 0.6 is 11.3 Å². The maximum Gasteiger partial charge on any atom is 0.138 e. The molecule has 0 amide bonds. The smallest absolute Gasteiger partial charge is 0.138 e. The third-order valence-electron chi connectivity index (χ3n) is 3.54. The first-order valence-electron chi connectivity index (χ1n) is 6.76. The van der Waals surface area contributed by atoms with Gasteiger partial charge in [-0.2, -0.15) is 0 Å². The van der Waals surface area contributed by atoms with Crippen LogP contribution in [0.2, 0.25) is 0 Å². The summed E-state index contributed by atoms with van der Waals surface area (Å²) in [6.45, 7) is 5.66. The van der Waals surface area contributed by atoms with Gasteiger partial charge in [0.1, 0.15) is 15.2 Å². The Hall–Kier alpha value is -1.17. The molecule has 5 heteroatoms. The molecule has 0 spiro atoms. The summed E-state index contributed by atoms with van der Waals surface area (Å²) in [5.74, 6) is 0. The molecule has 0 radical (unpaired) electrons. The Bertz CT molecular complexity index is 572. The van der Waals surface area contributed by atoms with Crippen LogP contribution < -0.4 is 4.90 Å². The maximum absolute atomic E-state index is 12.4. The Morgan fingerprint density at radius 3 is 2.35 bits per heavy atom. The van der Waals surface area contributed by atoms with Crippen molar-refractivity contribution in [2.24, 2.45) is 0 Å². The van der Waals surface area contributed by atoms with Gasteiger partial charge >= 0.3 is 0 Å². The van der Waals surface area contributed by atoms with Gasteiger partial charge in [-0.15, -0.1) is 11.3 Å². The fourth-order valence-electron chi connectivity index (χ4n) is 2.36. The molecule has 1 fully saturated rings. The van der Waals surface area contributed by atoms with E-state index in [0.29, 0.717) is 0 Å². The fraction of sp³-hybridized carbons (Fsp3) is 0.333. The highest BCUT2D eigenvalue weighted by molar-refractivity contribution is 7.85. The van der Waals surface area contributed by atoms with Gasteiger partial charge in [0.2, 0.25) is 0 Å². The Morgan fingerprint density at radius 1 is 1.05 bits per heavy atom. The lowest BCUT2D eigenvalue weighted by Crippen LogP contribution is -2.46. The Balaban J connectivity index is 1.62. The highest BCUT2D eigenvalue weighted by Gasteiger charge is 2.22. The Morgan fingerprint density at radius 2 is 1.75 bits per heavy atom. The average Bonchev–Trinajstić information content (AvgIpc) is 3.02. The summed E-state index contributed by atoms with van der Waals surface area (Å²) in [6, 6.07) is 12.5. The summed E-state index contributed by atoms with van der Waals surface area (Å²) in [5.41, 5.74) is 2.54. The number of thiophene rings is 1. The van der Waals surface area contributed by atoms with Crippen molar-refractivity contribution in [3.63, 3.8) is 0 Å². The molecule has 1 aromatic heterocycles. The van der Waals surface area contributed by atoms with Gasteiger partial charge < -0.3 is 4.90 Å². The van der Waals surface area contributed by atoms with Crippen molar-refractivity contribution in [1.82, 2.24) is 4.31 Å². The SMILES string of the molecule is Cc1ccc(N2CCN(S(=O)c3cccs3)CC2)cc1. The molecule has 20 heavy (non-hydrogen) atoms. The van der Waals surface area contributed by atoms with E-state index in [9.17, 15) is 4.21 Å². The third-order valence-corrected chi connectivity index (χ3v) is 6.23. The first-order valence-corrected chi connectivity index (χ1v) is 8.74. The molecule has 0 N–H and O–H groups in total. The van der Waals surface area contributed by atoms with Crippen molar-refractivity contribution in [3.8, 4) is 0 Å². The summed E-state index contributed by atoms with van der Waals surface area (Å²) in [7, 11) is -0.989. The van der Waals surface area contributed by atoms with E-state index in [0.717, 1.165) is 30.4 Å². The van der Waals surface area contributed by atoms with E-state index in [4.69, 9.17) is 0 Å². The molecule has 1 atom stereocenters. The van der Waals surface area contributed by atoms with Crippen LogP contribution in [0.4, 0.5) is 5.69 Å². The summed E-state index contributed by atoms with van der Waals surface area (Å²) < 4.78 is 15.4. The minimum absolute atomic E-state index is 0.846. The third kappa shape index (κ3) is 2.95. The van der Waals surface area contributed by atoms with Crippen molar-refractivity contribution in [2.75, 3.05) is 31.1 Å². The minimum atomic E-state index is -0.989. The van der Waals surface area contributed by atoms with Crippen LogP contribution in [0.3, 0.4) is 0 Å². The molecule has 106 valence electrons. The van der Waals surface area contributed by atoms with Gasteiger partial charge in [-0.25, -0.2) is 8.51 Å². The Labute approximate surface area is 126 Å². The zero-order valence-electron chi connectivity index (χ0n) is 11.5. The molecule has 0 bridgehead atoms. The van der Waals surface area contributed by atoms with Crippen LogP contribution in [0.25, 0.3) is 0 Å². The molecule has 3 nitrogen and oxygen atoms in total. The van der Waals surface area contributed by atoms with Crippen LogP contribution in [-0.4, -0.2) is 34.7 Å². The molecule has 0 saturated carbocycles. The molecular weight excluding hydrogens is 288 g/mol. The summed E-state index contributed by atoms with van der Waals surface area (Å²) in [4.78, 5) is 2.36. The van der Waals surface area contributed by atoms with Crippen LogP contribution in [0.5, 0.6) is 0 Å². The van der Waals surface area contributed by atoms with Gasteiger partial charge in [0, 0.05) is 31.9 Å². The quantitative estimate of drug-likeness (QED) is 0.870. The lowest BCUT2D eigenvalue weighted by atomic mass is 10.2. The molecule has 1 aromatic carbocycles. The highest BCUT2D eigenvalue weighted by Crippen LogP contribution is 2.21. The molecule has 1 saturated heterocycles. The minimum Gasteiger partial charge on any atom is -0.369 e. The number of hydrogen-bond acceptors (Lipinski definition) is 3. The average molecular weight is 306 g/mol. The van der Waals surface area contributed by atoms with E-state index in [-0.39, 0.29) is 0 Å². The largest absolute Gasteiger partial charge is 0.369 e. The second kappa shape index (κ2) is 6.08. The number of benzene rings is 1. The van der Waals surface area contributed by atoms with Gasteiger partial charge in [0.25, 0.3) is 0 Å². The molecule has 2 aromatic rings. The number of hydrogen-bond donors (Lipinski definition) is 0. The van der Waals surface area contributed by atoms with Crippen molar-refractivity contribution in [3.05, 3.63) is 47.3 Å². The zero-order valence-corrected chi connectivity index (χ0v) is 13.1. The predicted molar refractivity (Wildman–Crippen MR) is 85.7 cm³/mol. The standard InChI is InChI=1S/C15H18N2OS2/c1-13-4-6-14(7-5-13)16-8-10-17(11-9-16)20(18)15-3-2-12-19-15/h2-7,12H,8-11H2,1H3. The van der Waals surface area contributed by atoms with E-state index in [1.807, 2.05) is 17.5 Å². The molecule has 0 aliphatic carbocycles. The maximum atomic E-state index is 12.4. The van der Waals surface area contributed by atoms with Crippen molar-refractivity contribution in [2.45, 2.75) is 11.1 Å². The van der Waals surface area contributed by atoms with E-state index in [1.165, 1.54) is 11.3 Å². The summed E-state index contributed by atoms with van der Waals surface area (Å²) in [5, 5.41) is 1.98. The molecular formula is C15H18N2OS2. The number of nitrogens with zero attached hydrogens (tertiary/aromatic N) is 2. The number of anilines is 1. The van der Waals surface area contributed by atoms with Crippen LogP contribution in [0.1, 0.15) is 5.56 Å². The van der Waals surface area contributed by atoms with Crippen molar-refractivity contribution >= 4 is 28.0 Å². The summed E-state index contributed by atoms with van der Waals surface area (Å²) >= 11 is 1.57. The van der Waals surface area contributed by atoms with Gasteiger partial charge in [0.05, 0.1) is 0 Å². The van der Waals surface area contributed by atoms with E-state index >= 15 is 0 Å². The van der Waals surface area contributed by atoms with Crippen molar-refractivity contribution in [1.29, 1.82) is 0 Å². The van der Waals surface area contributed by atoms with Crippen LogP contribution in [0.15, 0.2) is 46.0 Å². The van der Waals surface area contributed by atoms with Crippen LogP contribution in [0, 0.1) is 6.92 Å². The normalized spacial score (nSPS) is 18.1. The second-order valence-electron chi connectivity index (χ2n) is 4.93. The monoisotopic (exact) mass is 306 g/mol. The number of piperazine rings is 1. The number of rotatable bonds is 3. The van der Waals surface area contributed by atoms with Gasteiger partial charge in [-0.1, -0.05) is 23.8 Å². The van der Waals surface area contributed by atoms with Crippen molar-refractivity contribution < 1.29 is 4.21 Å². The molecule has 3 rings (SSSR count). The first-order chi connectivity index (χ1) is 9.74. The molecule has 1 aliphatic heterocycles. The van der Waals surface area contributed by atoms with Gasteiger partial charge in [-0.05, 0) is 30.5 Å². The van der Waals surface area contributed by atoms with E-state index < -0.39 is 11.0 Å². The van der Waals surface area contributed by atoms with Gasteiger partial charge in [-0.3, -0.25) is 0 Å². The zero-order chi connectivity index (χ0) is 13.9. The predicted octanol–water partition coefficient (Wildman–Crippen LogP) is 2.90. The van der Waals surface area contributed by atoms with Crippen LogP contribution in [-0.2, 0) is 11.0 Å². The van der Waals surface area contributed by atoms with Gasteiger partial charge in [0.15, 0.2) is 0 Å². The first kappa shape index (κ1) is 13.8.